The summed E-state index contributed by atoms with van der Waals surface area (Å²) in [5.74, 6) is 0.920. The van der Waals surface area contributed by atoms with Gasteiger partial charge < -0.3 is 0 Å². The van der Waals surface area contributed by atoms with Crippen molar-refractivity contribution in [3.63, 3.8) is 0 Å². The van der Waals surface area contributed by atoms with E-state index in [1.165, 1.54) is 32.2 Å². The molecule has 0 spiro atoms. The molecule has 0 aromatic rings. The van der Waals surface area contributed by atoms with E-state index in [2.05, 4.69) is 11.8 Å². The molecule has 86 valence electrons. The summed E-state index contributed by atoms with van der Waals surface area (Å²) in [4.78, 5) is 14.4. The van der Waals surface area contributed by atoms with Crippen LogP contribution < -0.4 is 0 Å². The summed E-state index contributed by atoms with van der Waals surface area (Å²) in [5.41, 5.74) is 0. The van der Waals surface area contributed by atoms with Gasteiger partial charge in [0.05, 0.1) is 0 Å². The predicted octanol–water partition coefficient (Wildman–Crippen LogP) is 2.62. The van der Waals surface area contributed by atoms with Gasteiger partial charge in [-0.3, -0.25) is 9.69 Å². The minimum Gasteiger partial charge on any atom is -0.300 e. The highest BCUT2D eigenvalue weighted by Gasteiger charge is 2.35. The van der Waals surface area contributed by atoms with Crippen LogP contribution in [0.15, 0.2) is 0 Å². The molecular weight excluding hydrogens is 186 g/mol. The fourth-order valence-corrected chi connectivity index (χ4v) is 3.29. The zero-order valence-electron chi connectivity index (χ0n) is 9.87. The molecule has 15 heavy (non-hydrogen) atoms. The topological polar surface area (TPSA) is 20.3 Å². The standard InChI is InChI=1S/C13H23NO/c1-2-14-10-5-3-4-8-12(14)11-7-6-9-13(11)15/h11-12H,2-10H2,1H3/t11-,12-/m0/s1. The minimum atomic E-state index is 0.378. The summed E-state index contributed by atoms with van der Waals surface area (Å²) in [7, 11) is 0. The number of Topliss-reactive ketones (excluding diaryl/α,β-unsaturated/α-hetero) is 1. The van der Waals surface area contributed by atoms with E-state index < -0.39 is 0 Å². The molecule has 0 aromatic carbocycles. The normalized spacial score (nSPS) is 34.3. The molecule has 2 heteroatoms. The van der Waals surface area contributed by atoms with Crippen LogP contribution in [0, 0.1) is 5.92 Å². The van der Waals surface area contributed by atoms with E-state index in [4.69, 9.17) is 0 Å². The van der Waals surface area contributed by atoms with E-state index in [9.17, 15) is 4.79 Å². The number of hydrogen-bond donors (Lipinski definition) is 0. The van der Waals surface area contributed by atoms with Gasteiger partial charge in [0.2, 0.25) is 0 Å². The summed E-state index contributed by atoms with van der Waals surface area (Å²) in [6.07, 6.45) is 8.39. The Morgan fingerprint density at radius 1 is 1.20 bits per heavy atom. The van der Waals surface area contributed by atoms with Crippen molar-refractivity contribution >= 4 is 5.78 Å². The Bertz CT molecular complexity index is 227. The third kappa shape index (κ3) is 2.41. The molecule has 2 nitrogen and oxygen atoms in total. The van der Waals surface area contributed by atoms with E-state index in [-0.39, 0.29) is 0 Å². The molecule has 0 aromatic heterocycles. The van der Waals surface area contributed by atoms with Crippen molar-refractivity contribution in [1.82, 2.24) is 4.90 Å². The molecule has 2 fully saturated rings. The summed E-state index contributed by atoms with van der Waals surface area (Å²) in [5, 5.41) is 0. The van der Waals surface area contributed by atoms with Gasteiger partial charge in [-0.2, -0.15) is 0 Å². The maximum absolute atomic E-state index is 11.8. The SMILES string of the molecule is CCN1CCCCC[C@H]1[C@@H]1CCCC1=O. The van der Waals surface area contributed by atoms with E-state index in [0.717, 1.165) is 25.8 Å². The number of rotatable bonds is 2. The van der Waals surface area contributed by atoms with Crippen LogP contribution in [-0.2, 0) is 4.79 Å². The lowest BCUT2D eigenvalue weighted by Crippen LogP contribution is -2.41. The quantitative estimate of drug-likeness (QED) is 0.697. The van der Waals surface area contributed by atoms with Crippen LogP contribution in [0.2, 0.25) is 0 Å². The van der Waals surface area contributed by atoms with Crippen molar-refractivity contribution in [1.29, 1.82) is 0 Å². The van der Waals surface area contributed by atoms with Crippen molar-refractivity contribution in [2.24, 2.45) is 5.92 Å². The van der Waals surface area contributed by atoms with Crippen molar-refractivity contribution in [2.75, 3.05) is 13.1 Å². The molecule has 1 aliphatic carbocycles. The largest absolute Gasteiger partial charge is 0.300 e. The number of hydrogen-bond acceptors (Lipinski definition) is 2. The van der Waals surface area contributed by atoms with Gasteiger partial charge in [0.15, 0.2) is 0 Å². The summed E-state index contributed by atoms with van der Waals surface area (Å²) in [6.45, 7) is 4.57. The van der Waals surface area contributed by atoms with Crippen LogP contribution in [0.1, 0.15) is 51.9 Å². The fraction of sp³-hybridized carbons (Fsp3) is 0.923. The van der Waals surface area contributed by atoms with Gasteiger partial charge in [-0.15, -0.1) is 0 Å². The van der Waals surface area contributed by atoms with E-state index in [0.29, 0.717) is 17.7 Å². The van der Waals surface area contributed by atoms with Crippen LogP contribution in [0.4, 0.5) is 0 Å². The van der Waals surface area contributed by atoms with E-state index in [1.807, 2.05) is 0 Å². The molecular formula is C13H23NO. The summed E-state index contributed by atoms with van der Waals surface area (Å²) in [6, 6.07) is 0.576. The number of ketones is 1. The minimum absolute atomic E-state index is 0.378. The van der Waals surface area contributed by atoms with Crippen LogP contribution in [-0.4, -0.2) is 29.8 Å². The monoisotopic (exact) mass is 209 g/mol. The molecule has 1 saturated heterocycles. The molecule has 2 aliphatic rings. The average molecular weight is 209 g/mol. The molecule has 2 atom stereocenters. The lowest BCUT2D eigenvalue weighted by Gasteiger charge is -2.32. The van der Waals surface area contributed by atoms with Gasteiger partial charge >= 0.3 is 0 Å². The highest BCUT2D eigenvalue weighted by atomic mass is 16.1. The molecule has 0 amide bonds. The Morgan fingerprint density at radius 2 is 2.07 bits per heavy atom. The number of carbonyl (C=O) groups excluding carboxylic acids is 1. The highest BCUT2D eigenvalue weighted by molar-refractivity contribution is 5.83. The van der Waals surface area contributed by atoms with Gasteiger partial charge in [-0.1, -0.05) is 19.8 Å². The summed E-state index contributed by atoms with van der Waals surface area (Å²) >= 11 is 0. The Morgan fingerprint density at radius 3 is 2.73 bits per heavy atom. The second-order valence-electron chi connectivity index (χ2n) is 5.01. The molecule has 1 heterocycles. The Kier molecular flexibility index (Phi) is 3.79. The maximum Gasteiger partial charge on any atom is 0.137 e. The first-order chi connectivity index (χ1) is 7.33. The zero-order valence-corrected chi connectivity index (χ0v) is 9.87. The van der Waals surface area contributed by atoms with Crippen LogP contribution >= 0.6 is 0 Å². The average Bonchev–Trinajstić information content (AvgIpc) is 2.54. The lowest BCUT2D eigenvalue weighted by atomic mass is 9.92. The molecule has 1 aliphatic heterocycles. The molecule has 2 rings (SSSR count). The Balaban J connectivity index is 2.05. The van der Waals surface area contributed by atoms with Gasteiger partial charge in [-0.25, -0.2) is 0 Å². The molecule has 0 bridgehead atoms. The molecule has 1 saturated carbocycles. The van der Waals surface area contributed by atoms with Gasteiger partial charge in [0.25, 0.3) is 0 Å². The highest BCUT2D eigenvalue weighted by Crippen LogP contribution is 2.31. The Hall–Kier alpha value is -0.370. The summed E-state index contributed by atoms with van der Waals surface area (Å²) < 4.78 is 0. The fourth-order valence-electron chi connectivity index (χ4n) is 3.29. The predicted molar refractivity (Wildman–Crippen MR) is 61.9 cm³/mol. The van der Waals surface area contributed by atoms with Crippen LogP contribution in [0.5, 0.6) is 0 Å². The van der Waals surface area contributed by atoms with E-state index in [1.54, 1.807) is 0 Å². The maximum atomic E-state index is 11.8. The number of likely N-dealkylation sites (tertiary alicyclic amines) is 1. The smallest absolute Gasteiger partial charge is 0.137 e. The van der Waals surface area contributed by atoms with Crippen LogP contribution in [0.3, 0.4) is 0 Å². The molecule has 0 radical (unpaired) electrons. The van der Waals surface area contributed by atoms with E-state index >= 15 is 0 Å². The third-order valence-corrected chi connectivity index (χ3v) is 4.14. The second-order valence-corrected chi connectivity index (χ2v) is 5.01. The molecule has 0 unspecified atom stereocenters. The Labute approximate surface area is 93.0 Å². The van der Waals surface area contributed by atoms with Crippen molar-refractivity contribution < 1.29 is 4.79 Å². The van der Waals surface area contributed by atoms with Gasteiger partial charge in [-0.05, 0) is 38.8 Å². The number of nitrogens with zero attached hydrogens (tertiary/aromatic N) is 1. The first kappa shape index (κ1) is 11.1. The van der Waals surface area contributed by atoms with Crippen molar-refractivity contribution in [3.8, 4) is 0 Å². The lowest BCUT2D eigenvalue weighted by molar-refractivity contribution is -0.122. The first-order valence-electron chi connectivity index (χ1n) is 6.59. The van der Waals surface area contributed by atoms with Gasteiger partial charge in [0, 0.05) is 18.4 Å². The van der Waals surface area contributed by atoms with Crippen molar-refractivity contribution in [2.45, 2.75) is 57.9 Å². The first-order valence-corrected chi connectivity index (χ1v) is 6.59. The van der Waals surface area contributed by atoms with Gasteiger partial charge in [0.1, 0.15) is 5.78 Å². The zero-order chi connectivity index (χ0) is 10.7. The second kappa shape index (κ2) is 5.11. The van der Waals surface area contributed by atoms with Crippen molar-refractivity contribution in [3.05, 3.63) is 0 Å². The number of carbonyl (C=O) groups is 1. The molecule has 0 N–H and O–H groups in total. The third-order valence-electron chi connectivity index (χ3n) is 4.14. The van der Waals surface area contributed by atoms with Crippen LogP contribution in [0.25, 0.3) is 0 Å².